The third-order valence-corrected chi connectivity index (χ3v) is 10.9. The van der Waals surface area contributed by atoms with Gasteiger partial charge in [-0.1, -0.05) is 170 Å². The molecule has 356 valence electrons. The number of carbonyl (C=O) groups excluding carboxylic acids is 2. The van der Waals surface area contributed by atoms with Gasteiger partial charge < -0.3 is 27.9 Å². The van der Waals surface area contributed by atoms with Crippen LogP contribution in [0.15, 0.2) is 85.1 Å². The van der Waals surface area contributed by atoms with Gasteiger partial charge in [-0.05, 0) is 83.5 Å². The Morgan fingerprint density at radius 2 is 0.935 bits per heavy atom. The third-order valence-electron chi connectivity index (χ3n) is 9.90. The molecule has 0 saturated carbocycles. The van der Waals surface area contributed by atoms with Crippen molar-refractivity contribution in [2.75, 3.05) is 47.5 Å². The van der Waals surface area contributed by atoms with E-state index in [2.05, 4.69) is 92.8 Å². The first-order chi connectivity index (χ1) is 30.0. The van der Waals surface area contributed by atoms with E-state index < -0.39 is 32.5 Å². The fourth-order valence-corrected chi connectivity index (χ4v) is 6.86. The van der Waals surface area contributed by atoms with Gasteiger partial charge in [0.15, 0.2) is 6.10 Å². The second kappa shape index (κ2) is 43.4. The maximum atomic E-state index is 12.7. The van der Waals surface area contributed by atoms with Gasteiger partial charge in [0.1, 0.15) is 19.8 Å². The topological polar surface area (TPSA) is 111 Å². The molecule has 0 aliphatic rings. The van der Waals surface area contributed by atoms with Crippen LogP contribution in [0, 0.1) is 0 Å². The van der Waals surface area contributed by atoms with Crippen LogP contribution in [-0.4, -0.2) is 70.0 Å². The van der Waals surface area contributed by atoms with E-state index in [4.69, 9.17) is 18.5 Å². The van der Waals surface area contributed by atoms with Crippen LogP contribution in [0.3, 0.4) is 0 Å². The number of phosphoric ester groups is 1. The van der Waals surface area contributed by atoms with Gasteiger partial charge in [-0.25, -0.2) is 0 Å². The van der Waals surface area contributed by atoms with Gasteiger partial charge in [-0.3, -0.25) is 14.2 Å². The molecule has 0 bridgehead atoms. The minimum absolute atomic E-state index is 0.0465. The van der Waals surface area contributed by atoms with E-state index in [9.17, 15) is 19.0 Å². The summed E-state index contributed by atoms with van der Waals surface area (Å²) in [5.41, 5.74) is 0. The lowest BCUT2D eigenvalue weighted by molar-refractivity contribution is -0.870. The van der Waals surface area contributed by atoms with Gasteiger partial charge in [0.05, 0.1) is 27.7 Å². The lowest BCUT2D eigenvalue weighted by atomic mass is 10.1. The smallest absolute Gasteiger partial charge is 0.306 e. The Kier molecular flexibility index (Phi) is 41.5. The average molecular weight is 888 g/mol. The Hall–Kier alpha value is -2.81. The first-order valence-corrected chi connectivity index (χ1v) is 25.8. The van der Waals surface area contributed by atoms with E-state index in [1.54, 1.807) is 0 Å². The molecule has 0 aliphatic carbocycles. The summed E-state index contributed by atoms with van der Waals surface area (Å²) in [6.07, 6.45) is 56.2. The molecule has 0 aromatic carbocycles. The Labute approximate surface area is 380 Å². The quantitative estimate of drug-likeness (QED) is 0.0196. The Bertz CT molecular complexity index is 1330. The van der Waals surface area contributed by atoms with Gasteiger partial charge in [0, 0.05) is 12.8 Å². The van der Waals surface area contributed by atoms with E-state index >= 15 is 0 Å². The molecule has 0 aromatic rings. The first kappa shape index (κ1) is 59.2. The summed E-state index contributed by atoms with van der Waals surface area (Å²) in [7, 11) is 1.11. The van der Waals surface area contributed by atoms with Gasteiger partial charge >= 0.3 is 11.9 Å². The van der Waals surface area contributed by atoms with E-state index in [1.807, 2.05) is 27.2 Å². The molecule has 0 fully saturated rings. The van der Waals surface area contributed by atoms with Crippen LogP contribution in [0.25, 0.3) is 0 Å². The molecule has 0 saturated heterocycles. The number of likely N-dealkylation sites (N-methyl/N-ethyl adjacent to an activating group) is 1. The number of carbonyl (C=O) groups is 2. The van der Waals surface area contributed by atoms with Crippen LogP contribution in [-0.2, 0) is 32.7 Å². The molecule has 62 heavy (non-hydrogen) atoms. The number of quaternary nitrogens is 1. The lowest BCUT2D eigenvalue weighted by Gasteiger charge is -2.28. The number of ether oxygens (including phenoxy) is 2. The number of unbranched alkanes of at least 4 members (excludes halogenated alkanes) is 15. The van der Waals surface area contributed by atoms with Crippen molar-refractivity contribution in [3.8, 4) is 0 Å². The number of allylic oxidation sites excluding steroid dienone is 14. The van der Waals surface area contributed by atoms with Gasteiger partial charge in [0.2, 0.25) is 0 Å². The molecular weight excluding hydrogens is 798 g/mol. The molecule has 2 unspecified atom stereocenters. The Morgan fingerprint density at radius 1 is 0.516 bits per heavy atom. The molecule has 10 heteroatoms. The normalized spacial score (nSPS) is 14.2. The number of phosphoric acid groups is 1. The van der Waals surface area contributed by atoms with Gasteiger partial charge in [-0.2, -0.15) is 0 Å². The van der Waals surface area contributed by atoms with Crippen molar-refractivity contribution >= 4 is 19.8 Å². The summed E-state index contributed by atoms with van der Waals surface area (Å²) < 4.78 is 33.9. The van der Waals surface area contributed by atoms with E-state index in [-0.39, 0.29) is 26.1 Å². The van der Waals surface area contributed by atoms with E-state index in [1.165, 1.54) is 70.6 Å². The number of hydrogen-bond donors (Lipinski definition) is 0. The van der Waals surface area contributed by atoms with Gasteiger partial charge in [-0.15, -0.1) is 0 Å². The number of esters is 2. The van der Waals surface area contributed by atoms with Crippen molar-refractivity contribution in [1.82, 2.24) is 0 Å². The summed E-state index contributed by atoms with van der Waals surface area (Å²) in [5.74, 6) is -0.913. The standard InChI is InChI=1S/C52H90NO8P/c1-6-8-10-12-14-16-18-20-22-24-25-26-27-29-30-32-34-36-38-40-42-44-51(54)58-48-50(49-60-62(56,57)59-47-46-53(3,4)5)61-52(55)45-43-41-39-37-35-33-31-28-23-21-19-17-15-13-11-9-7-2/h9,11,15,17-18,20-21,23-25,31,33,37,39,50H,6-8,10,12-14,16,19,22,26-30,32,34-36,38,40-49H2,1-5H3/b11-9-,17-15-,20-18-,23-21-,25-24-,33-31-,39-37-. The van der Waals surface area contributed by atoms with Crippen LogP contribution in [0.4, 0.5) is 0 Å². The van der Waals surface area contributed by atoms with Crippen molar-refractivity contribution in [2.24, 2.45) is 0 Å². The molecule has 0 aromatic heterocycles. The zero-order valence-corrected chi connectivity index (χ0v) is 40.9. The van der Waals surface area contributed by atoms with Crippen LogP contribution in [0.2, 0.25) is 0 Å². The largest absolute Gasteiger partial charge is 0.756 e. The van der Waals surface area contributed by atoms with E-state index in [0.717, 1.165) is 64.2 Å². The summed E-state index contributed by atoms with van der Waals surface area (Å²) in [4.78, 5) is 37.6. The van der Waals surface area contributed by atoms with Crippen LogP contribution < -0.4 is 4.89 Å². The maximum Gasteiger partial charge on any atom is 0.306 e. The highest BCUT2D eigenvalue weighted by molar-refractivity contribution is 7.45. The molecule has 0 N–H and O–H groups in total. The highest BCUT2D eigenvalue weighted by Gasteiger charge is 2.21. The Balaban J connectivity index is 4.38. The number of rotatable bonds is 43. The molecule has 2 atom stereocenters. The van der Waals surface area contributed by atoms with Crippen molar-refractivity contribution in [2.45, 2.75) is 187 Å². The summed E-state index contributed by atoms with van der Waals surface area (Å²) >= 11 is 0. The van der Waals surface area contributed by atoms with Crippen molar-refractivity contribution in [1.29, 1.82) is 0 Å². The fourth-order valence-electron chi connectivity index (χ4n) is 6.13. The summed E-state index contributed by atoms with van der Waals surface area (Å²) in [5, 5.41) is 0. The van der Waals surface area contributed by atoms with Gasteiger partial charge in [0.25, 0.3) is 7.82 Å². The zero-order valence-electron chi connectivity index (χ0n) is 40.0. The SMILES string of the molecule is CC/C=C\C/C=C\C/C=C\C/C=C\C/C=C\CCCC(=O)OC(COC(=O)CCCCCCCCCCC/C=C\C/C=C\CCCCCCC)COP(=O)([O-])OCC[N+](C)(C)C. The highest BCUT2D eigenvalue weighted by atomic mass is 31.2. The van der Waals surface area contributed by atoms with Crippen LogP contribution in [0.1, 0.15) is 181 Å². The molecular formula is C52H90NO8P. The number of hydrogen-bond acceptors (Lipinski definition) is 8. The average Bonchev–Trinajstić information content (AvgIpc) is 3.23. The zero-order chi connectivity index (χ0) is 45.7. The summed E-state index contributed by atoms with van der Waals surface area (Å²) in [6.45, 7) is 4.02. The second-order valence-electron chi connectivity index (χ2n) is 17.1. The molecule has 0 rings (SSSR count). The molecule has 0 aliphatic heterocycles. The Morgan fingerprint density at radius 3 is 1.42 bits per heavy atom. The summed E-state index contributed by atoms with van der Waals surface area (Å²) in [6, 6.07) is 0. The van der Waals surface area contributed by atoms with Crippen LogP contribution in [0.5, 0.6) is 0 Å². The highest BCUT2D eigenvalue weighted by Crippen LogP contribution is 2.38. The predicted octanol–water partition coefficient (Wildman–Crippen LogP) is 13.7. The minimum Gasteiger partial charge on any atom is -0.756 e. The first-order valence-electron chi connectivity index (χ1n) is 24.3. The maximum absolute atomic E-state index is 12.7. The van der Waals surface area contributed by atoms with Crippen LogP contribution >= 0.6 is 7.82 Å². The lowest BCUT2D eigenvalue weighted by Crippen LogP contribution is -2.37. The predicted molar refractivity (Wildman–Crippen MR) is 259 cm³/mol. The molecule has 0 radical (unpaired) electrons. The molecule has 0 spiro atoms. The molecule has 9 nitrogen and oxygen atoms in total. The number of nitrogens with zero attached hydrogens (tertiary/aromatic N) is 1. The minimum atomic E-state index is -4.65. The molecule has 0 heterocycles. The fraction of sp³-hybridized carbons (Fsp3) is 0.692. The monoisotopic (exact) mass is 888 g/mol. The second-order valence-corrected chi connectivity index (χ2v) is 18.5. The third kappa shape index (κ3) is 46.7. The van der Waals surface area contributed by atoms with Crippen molar-refractivity contribution in [3.63, 3.8) is 0 Å². The van der Waals surface area contributed by atoms with E-state index in [0.29, 0.717) is 30.3 Å². The van der Waals surface area contributed by atoms with Crippen molar-refractivity contribution in [3.05, 3.63) is 85.1 Å². The van der Waals surface area contributed by atoms with Crippen molar-refractivity contribution < 1.29 is 42.1 Å². The molecule has 0 amide bonds.